The highest BCUT2D eigenvalue weighted by Crippen LogP contribution is 2.19. The standard InChI is InChI=1S/C12H17N3O3S/c1-8-11(6-13-9(2)14-8)12(16)15(3)10-4-5-19(17,18)7-10/h6,10H,4-5,7H2,1-3H3. The summed E-state index contributed by atoms with van der Waals surface area (Å²) < 4.78 is 22.9. The van der Waals surface area contributed by atoms with E-state index >= 15 is 0 Å². The van der Waals surface area contributed by atoms with Gasteiger partial charge in [-0.1, -0.05) is 0 Å². The Morgan fingerprint density at radius 2 is 2.11 bits per heavy atom. The van der Waals surface area contributed by atoms with Crippen LogP contribution in [-0.4, -0.2) is 53.8 Å². The third-order valence-electron chi connectivity index (χ3n) is 3.41. The van der Waals surface area contributed by atoms with E-state index in [0.717, 1.165) is 0 Å². The number of aromatic nitrogens is 2. The van der Waals surface area contributed by atoms with Gasteiger partial charge in [-0.2, -0.15) is 0 Å². The second-order valence-corrected chi connectivity index (χ2v) is 7.12. The Labute approximate surface area is 112 Å². The molecule has 0 bridgehead atoms. The molecule has 2 rings (SSSR count). The topological polar surface area (TPSA) is 80.2 Å². The molecule has 1 atom stereocenters. The number of carbonyl (C=O) groups excluding carboxylic acids is 1. The van der Waals surface area contributed by atoms with Crippen molar-refractivity contribution in [2.24, 2.45) is 0 Å². The van der Waals surface area contributed by atoms with E-state index in [9.17, 15) is 13.2 Å². The highest BCUT2D eigenvalue weighted by atomic mass is 32.2. The van der Waals surface area contributed by atoms with Crippen molar-refractivity contribution in [3.63, 3.8) is 0 Å². The second-order valence-electron chi connectivity index (χ2n) is 4.89. The van der Waals surface area contributed by atoms with Crippen molar-refractivity contribution < 1.29 is 13.2 Å². The fourth-order valence-electron chi connectivity index (χ4n) is 2.23. The molecule has 1 fully saturated rings. The summed E-state index contributed by atoms with van der Waals surface area (Å²) >= 11 is 0. The van der Waals surface area contributed by atoms with E-state index in [1.165, 1.54) is 11.1 Å². The molecule has 1 unspecified atom stereocenters. The number of nitrogens with zero attached hydrogens (tertiary/aromatic N) is 3. The lowest BCUT2D eigenvalue weighted by molar-refractivity contribution is 0.0746. The van der Waals surface area contributed by atoms with Gasteiger partial charge in [0.15, 0.2) is 9.84 Å². The summed E-state index contributed by atoms with van der Waals surface area (Å²) in [4.78, 5) is 22.0. The van der Waals surface area contributed by atoms with Gasteiger partial charge in [-0.25, -0.2) is 18.4 Å². The van der Waals surface area contributed by atoms with Gasteiger partial charge in [0.1, 0.15) is 5.82 Å². The fourth-order valence-corrected chi connectivity index (χ4v) is 4.00. The molecular weight excluding hydrogens is 266 g/mol. The van der Waals surface area contributed by atoms with Gasteiger partial charge in [-0.3, -0.25) is 4.79 Å². The lowest BCUT2D eigenvalue weighted by Crippen LogP contribution is -2.38. The average molecular weight is 283 g/mol. The van der Waals surface area contributed by atoms with Crippen LogP contribution in [0.4, 0.5) is 0 Å². The molecule has 7 heteroatoms. The number of hydrogen-bond acceptors (Lipinski definition) is 5. The number of carbonyl (C=O) groups is 1. The van der Waals surface area contributed by atoms with Crippen LogP contribution in [-0.2, 0) is 9.84 Å². The Morgan fingerprint density at radius 3 is 2.63 bits per heavy atom. The molecule has 0 radical (unpaired) electrons. The summed E-state index contributed by atoms with van der Waals surface area (Å²) in [5.74, 6) is 0.583. The molecule has 0 aliphatic carbocycles. The molecular formula is C12H17N3O3S. The van der Waals surface area contributed by atoms with Crippen LogP contribution in [0, 0.1) is 13.8 Å². The van der Waals surface area contributed by atoms with Crippen LogP contribution in [0.15, 0.2) is 6.20 Å². The van der Waals surface area contributed by atoms with E-state index in [-0.39, 0.29) is 23.5 Å². The number of aryl methyl sites for hydroxylation is 2. The quantitative estimate of drug-likeness (QED) is 0.782. The Morgan fingerprint density at radius 1 is 1.42 bits per heavy atom. The number of hydrogen-bond donors (Lipinski definition) is 0. The van der Waals surface area contributed by atoms with E-state index < -0.39 is 9.84 Å². The van der Waals surface area contributed by atoms with Gasteiger partial charge < -0.3 is 4.90 Å². The van der Waals surface area contributed by atoms with Gasteiger partial charge in [0.2, 0.25) is 0 Å². The molecule has 1 aliphatic heterocycles. The van der Waals surface area contributed by atoms with E-state index in [0.29, 0.717) is 23.5 Å². The fraction of sp³-hybridized carbons (Fsp3) is 0.583. The molecule has 6 nitrogen and oxygen atoms in total. The lowest BCUT2D eigenvalue weighted by atomic mass is 10.1. The molecule has 0 N–H and O–H groups in total. The van der Waals surface area contributed by atoms with Gasteiger partial charge in [-0.05, 0) is 20.3 Å². The molecule has 104 valence electrons. The van der Waals surface area contributed by atoms with Crippen LogP contribution >= 0.6 is 0 Å². The minimum atomic E-state index is -3.00. The van der Waals surface area contributed by atoms with Crippen LogP contribution in [0.3, 0.4) is 0 Å². The summed E-state index contributed by atoms with van der Waals surface area (Å²) in [7, 11) is -1.37. The van der Waals surface area contributed by atoms with Crippen molar-refractivity contribution in [3.8, 4) is 0 Å². The monoisotopic (exact) mass is 283 g/mol. The first kappa shape index (κ1) is 13.9. The molecule has 1 aromatic rings. The van der Waals surface area contributed by atoms with E-state index in [1.54, 1.807) is 20.9 Å². The minimum absolute atomic E-state index is 0.0427. The van der Waals surface area contributed by atoms with Crippen molar-refractivity contribution in [2.45, 2.75) is 26.3 Å². The van der Waals surface area contributed by atoms with Crippen LogP contribution in [0.2, 0.25) is 0 Å². The van der Waals surface area contributed by atoms with Crippen molar-refractivity contribution in [2.75, 3.05) is 18.6 Å². The van der Waals surface area contributed by atoms with Crippen LogP contribution < -0.4 is 0 Å². The van der Waals surface area contributed by atoms with Crippen molar-refractivity contribution in [3.05, 3.63) is 23.3 Å². The molecule has 19 heavy (non-hydrogen) atoms. The van der Waals surface area contributed by atoms with Crippen molar-refractivity contribution in [1.29, 1.82) is 0 Å². The first-order valence-electron chi connectivity index (χ1n) is 6.08. The molecule has 1 aromatic heterocycles. The zero-order valence-electron chi connectivity index (χ0n) is 11.3. The highest BCUT2D eigenvalue weighted by molar-refractivity contribution is 7.91. The molecule has 2 heterocycles. The largest absolute Gasteiger partial charge is 0.338 e. The number of amides is 1. The maximum Gasteiger partial charge on any atom is 0.257 e. The van der Waals surface area contributed by atoms with Crippen LogP contribution in [0.5, 0.6) is 0 Å². The smallest absolute Gasteiger partial charge is 0.257 e. The Hall–Kier alpha value is -1.50. The Kier molecular flexibility index (Phi) is 3.58. The van der Waals surface area contributed by atoms with Gasteiger partial charge in [0.25, 0.3) is 5.91 Å². The van der Waals surface area contributed by atoms with Gasteiger partial charge in [-0.15, -0.1) is 0 Å². The van der Waals surface area contributed by atoms with Crippen molar-refractivity contribution in [1.82, 2.24) is 14.9 Å². The van der Waals surface area contributed by atoms with E-state index in [2.05, 4.69) is 9.97 Å². The summed E-state index contributed by atoms with van der Waals surface area (Å²) in [6.07, 6.45) is 2.00. The molecule has 1 saturated heterocycles. The highest BCUT2D eigenvalue weighted by Gasteiger charge is 2.33. The third-order valence-corrected chi connectivity index (χ3v) is 5.16. The molecule has 0 saturated carbocycles. The van der Waals surface area contributed by atoms with Crippen LogP contribution in [0.25, 0.3) is 0 Å². The molecule has 0 spiro atoms. The maximum absolute atomic E-state index is 12.3. The molecule has 1 aliphatic rings. The lowest BCUT2D eigenvalue weighted by Gasteiger charge is -2.23. The molecule has 1 amide bonds. The second kappa shape index (κ2) is 4.88. The predicted octanol–water partition coefficient (Wildman–Crippen LogP) is 0.353. The predicted molar refractivity (Wildman–Crippen MR) is 70.7 cm³/mol. The van der Waals surface area contributed by atoms with Gasteiger partial charge in [0, 0.05) is 19.3 Å². The van der Waals surface area contributed by atoms with E-state index in [4.69, 9.17) is 0 Å². The number of sulfone groups is 1. The van der Waals surface area contributed by atoms with Gasteiger partial charge in [0.05, 0.1) is 22.8 Å². The minimum Gasteiger partial charge on any atom is -0.338 e. The SMILES string of the molecule is Cc1ncc(C(=O)N(C)C2CCS(=O)(=O)C2)c(C)n1. The normalized spacial score (nSPS) is 21.3. The Balaban J connectivity index is 2.20. The zero-order valence-corrected chi connectivity index (χ0v) is 12.1. The molecule has 0 aromatic carbocycles. The zero-order chi connectivity index (χ0) is 14.2. The van der Waals surface area contributed by atoms with E-state index in [1.807, 2.05) is 0 Å². The summed E-state index contributed by atoms with van der Waals surface area (Å²) in [6, 6.07) is -0.252. The van der Waals surface area contributed by atoms with Crippen molar-refractivity contribution >= 4 is 15.7 Å². The summed E-state index contributed by atoms with van der Waals surface area (Å²) in [5.41, 5.74) is 1.04. The Bertz CT molecular complexity index is 613. The maximum atomic E-state index is 12.3. The summed E-state index contributed by atoms with van der Waals surface area (Å²) in [6.45, 7) is 3.51. The average Bonchev–Trinajstić information content (AvgIpc) is 2.68. The summed E-state index contributed by atoms with van der Waals surface area (Å²) in [5, 5.41) is 0. The van der Waals surface area contributed by atoms with Gasteiger partial charge >= 0.3 is 0 Å². The number of rotatable bonds is 2. The third kappa shape index (κ3) is 2.91. The van der Waals surface area contributed by atoms with Crippen LogP contribution in [0.1, 0.15) is 28.3 Å². The first-order valence-corrected chi connectivity index (χ1v) is 7.90. The first-order chi connectivity index (χ1) is 8.80.